The minimum absolute atomic E-state index is 0.0244. The van der Waals surface area contributed by atoms with Crippen molar-refractivity contribution in [1.82, 2.24) is 4.90 Å². The highest BCUT2D eigenvalue weighted by atomic mass is 16.8. The zero-order valence-electron chi connectivity index (χ0n) is 11.4. The van der Waals surface area contributed by atoms with Crippen LogP contribution in [0.1, 0.15) is 0 Å². The predicted octanol–water partition coefficient (Wildman–Crippen LogP) is 1.10. The van der Waals surface area contributed by atoms with E-state index >= 15 is 0 Å². The van der Waals surface area contributed by atoms with Crippen molar-refractivity contribution in [2.75, 3.05) is 51.8 Å². The summed E-state index contributed by atoms with van der Waals surface area (Å²) >= 11 is 0. The molecule has 1 saturated heterocycles. The van der Waals surface area contributed by atoms with E-state index in [4.69, 9.17) is 19.4 Å². The van der Waals surface area contributed by atoms with Gasteiger partial charge in [0.1, 0.15) is 18.1 Å². The molecule has 0 saturated carbocycles. The van der Waals surface area contributed by atoms with Crippen molar-refractivity contribution in [2.24, 2.45) is 0 Å². The third kappa shape index (κ3) is 3.97. The average Bonchev–Trinajstić information content (AvgIpc) is 2.48. The molecule has 1 aliphatic heterocycles. The molecule has 0 bridgehead atoms. The van der Waals surface area contributed by atoms with Gasteiger partial charge >= 0.3 is 0 Å². The highest BCUT2D eigenvalue weighted by Gasteiger charge is 2.10. The Bertz CT molecular complexity index is 421. The lowest BCUT2D eigenvalue weighted by Gasteiger charge is -2.27. The molecule has 112 valence electrons. The van der Waals surface area contributed by atoms with Crippen LogP contribution >= 0.6 is 0 Å². The fourth-order valence-corrected chi connectivity index (χ4v) is 2.03. The molecule has 0 spiro atoms. The van der Waals surface area contributed by atoms with Crippen LogP contribution in [0.25, 0.3) is 0 Å². The van der Waals surface area contributed by atoms with Crippen molar-refractivity contribution >= 4 is 5.69 Å². The summed E-state index contributed by atoms with van der Waals surface area (Å²) in [4.78, 5) is 2.25. The number of nitrogens with zero attached hydrogens (tertiary/aromatic N) is 2. The third-order valence-electron chi connectivity index (χ3n) is 3.14. The molecule has 1 heterocycles. The normalized spacial score (nSPS) is 15.9. The number of benzene rings is 1. The highest BCUT2D eigenvalue weighted by Crippen LogP contribution is 2.31. The van der Waals surface area contributed by atoms with E-state index in [0.29, 0.717) is 18.1 Å². The van der Waals surface area contributed by atoms with Crippen LogP contribution < -0.4 is 14.7 Å². The smallest absolute Gasteiger partial charge is 0.143 e. The second-order valence-corrected chi connectivity index (χ2v) is 4.41. The number of anilines is 1. The van der Waals surface area contributed by atoms with Crippen LogP contribution in [0.15, 0.2) is 18.2 Å². The van der Waals surface area contributed by atoms with Gasteiger partial charge in [-0.25, -0.2) is 0 Å². The van der Waals surface area contributed by atoms with E-state index in [1.807, 2.05) is 0 Å². The van der Waals surface area contributed by atoms with Crippen LogP contribution in [-0.4, -0.2) is 56.7 Å². The first-order valence-electron chi connectivity index (χ1n) is 6.48. The molecule has 0 atom stereocenters. The second kappa shape index (κ2) is 7.30. The Morgan fingerprint density at radius 2 is 2.15 bits per heavy atom. The molecule has 0 amide bonds. The molecular weight excluding hydrogens is 264 g/mol. The Labute approximate surface area is 117 Å². The molecule has 1 fully saturated rings. The first-order valence-corrected chi connectivity index (χ1v) is 6.48. The van der Waals surface area contributed by atoms with Crippen LogP contribution in [-0.2, 0) is 4.74 Å². The maximum absolute atomic E-state index is 11.0. The number of ether oxygens (including phenoxy) is 3. The second-order valence-electron chi connectivity index (χ2n) is 4.41. The minimum atomic E-state index is -0.229. The summed E-state index contributed by atoms with van der Waals surface area (Å²) in [6.45, 7) is 4.62. The van der Waals surface area contributed by atoms with Crippen LogP contribution in [0.4, 0.5) is 5.69 Å². The molecule has 2 rings (SSSR count). The molecule has 1 aromatic rings. The number of methoxy groups -OCH3 is 1. The molecule has 1 N–H and O–H groups in total. The molecule has 7 heteroatoms. The van der Waals surface area contributed by atoms with Gasteiger partial charge in [-0.05, 0) is 12.1 Å². The van der Waals surface area contributed by atoms with Crippen molar-refractivity contribution in [3.63, 3.8) is 0 Å². The maximum Gasteiger partial charge on any atom is 0.143 e. The summed E-state index contributed by atoms with van der Waals surface area (Å²) < 4.78 is 15.8. The molecule has 1 aliphatic rings. The lowest BCUT2D eigenvalue weighted by Crippen LogP contribution is -2.38. The van der Waals surface area contributed by atoms with Gasteiger partial charge in [-0.2, -0.15) is 0 Å². The molecule has 0 unspecified atom stereocenters. The van der Waals surface area contributed by atoms with Crippen LogP contribution in [0.5, 0.6) is 11.5 Å². The molecule has 0 radical (unpaired) electrons. The van der Waals surface area contributed by atoms with Gasteiger partial charge in [0.05, 0.1) is 26.0 Å². The SMILES string of the molecule is COc1ccc(OCCN2CCOCC2)cc1N([O-])O. The Morgan fingerprint density at radius 1 is 1.40 bits per heavy atom. The Balaban J connectivity index is 1.87. The van der Waals surface area contributed by atoms with Gasteiger partial charge in [-0.1, -0.05) is 0 Å². The zero-order chi connectivity index (χ0) is 14.4. The lowest BCUT2D eigenvalue weighted by atomic mass is 10.3. The van der Waals surface area contributed by atoms with Gasteiger partial charge in [-0.3, -0.25) is 10.1 Å². The summed E-state index contributed by atoms with van der Waals surface area (Å²) in [5.41, 5.74) is 0.0244. The van der Waals surface area contributed by atoms with Crippen LogP contribution in [0, 0.1) is 5.21 Å². The Morgan fingerprint density at radius 3 is 2.80 bits per heavy atom. The molecule has 0 aromatic heterocycles. The van der Waals surface area contributed by atoms with E-state index in [-0.39, 0.29) is 10.9 Å². The molecular formula is C13H19N2O5-. The van der Waals surface area contributed by atoms with Gasteiger partial charge in [-0.15, -0.1) is 0 Å². The number of hydrogen-bond acceptors (Lipinski definition) is 7. The molecule has 7 nitrogen and oxygen atoms in total. The zero-order valence-corrected chi connectivity index (χ0v) is 11.4. The van der Waals surface area contributed by atoms with Gasteiger partial charge in [0.25, 0.3) is 0 Å². The van der Waals surface area contributed by atoms with E-state index in [2.05, 4.69) is 4.90 Å². The Kier molecular flexibility index (Phi) is 5.42. The summed E-state index contributed by atoms with van der Waals surface area (Å²) in [5, 5.41) is 19.8. The van der Waals surface area contributed by atoms with Gasteiger partial charge in [0, 0.05) is 25.7 Å². The van der Waals surface area contributed by atoms with E-state index in [1.165, 1.54) is 13.2 Å². The summed E-state index contributed by atoms with van der Waals surface area (Å²) in [6, 6.07) is 4.73. The van der Waals surface area contributed by atoms with E-state index < -0.39 is 0 Å². The highest BCUT2D eigenvalue weighted by molar-refractivity contribution is 5.60. The quantitative estimate of drug-likeness (QED) is 0.783. The number of hydrogen-bond donors (Lipinski definition) is 1. The largest absolute Gasteiger partial charge is 0.733 e. The van der Waals surface area contributed by atoms with Crippen molar-refractivity contribution in [3.8, 4) is 11.5 Å². The Hall–Kier alpha value is -1.54. The average molecular weight is 283 g/mol. The van der Waals surface area contributed by atoms with Crippen molar-refractivity contribution in [1.29, 1.82) is 0 Å². The predicted molar refractivity (Wildman–Crippen MR) is 73.4 cm³/mol. The standard InChI is InChI=1S/C13H19N2O5/c1-18-13-3-2-11(10-12(13)15(16)17)20-9-6-14-4-7-19-8-5-14/h2-3,10,16H,4-9H2,1H3/q-1. The summed E-state index contributed by atoms with van der Waals surface area (Å²) in [6.07, 6.45) is 0. The molecule has 0 aliphatic carbocycles. The van der Waals surface area contributed by atoms with Crippen molar-refractivity contribution < 1.29 is 19.4 Å². The third-order valence-corrected chi connectivity index (χ3v) is 3.14. The van der Waals surface area contributed by atoms with E-state index in [9.17, 15) is 5.21 Å². The minimum Gasteiger partial charge on any atom is -0.733 e. The molecule has 20 heavy (non-hydrogen) atoms. The fraction of sp³-hybridized carbons (Fsp3) is 0.538. The topological polar surface area (TPSA) is 77.5 Å². The van der Waals surface area contributed by atoms with E-state index in [0.717, 1.165) is 32.8 Å². The summed E-state index contributed by atoms with van der Waals surface area (Å²) in [5.74, 6) is 0.812. The van der Waals surface area contributed by atoms with E-state index in [1.54, 1.807) is 12.1 Å². The lowest BCUT2D eigenvalue weighted by molar-refractivity contribution is 0.0322. The first kappa shape index (κ1) is 14.9. The van der Waals surface area contributed by atoms with Crippen LogP contribution in [0.2, 0.25) is 0 Å². The molecule has 1 aromatic carbocycles. The van der Waals surface area contributed by atoms with Gasteiger partial charge in [0.15, 0.2) is 0 Å². The van der Waals surface area contributed by atoms with Gasteiger partial charge < -0.3 is 24.6 Å². The first-order chi connectivity index (χ1) is 9.70. The fourth-order valence-electron chi connectivity index (χ4n) is 2.03. The maximum atomic E-state index is 11.0. The van der Waals surface area contributed by atoms with Crippen molar-refractivity contribution in [2.45, 2.75) is 0 Å². The number of rotatable bonds is 6. The monoisotopic (exact) mass is 283 g/mol. The van der Waals surface area contributed by atoms with Crippen molar-refractivity contribution in [3.05, 3.63) is 23.4 Å². The van der Waals surface area contributed by atoms with Gasteiger partial charge in [0.2, 0.25) is 0 Å². The summed E-state index contributed by atoms with van der Waals surface area (Å²) in [7, 11) is 1.43. The number of morpholine rings is 1. The van der Waals surface area contributed by atoms with Crippen LogP contribution in [0.3, 0.4) is 0 Å².